The maximum Gasteiger partial charge on any atom is 0.129 e. The van der Waals surface area contributed by atoms with Crippen molar-refractivity contribution < 1.29 is 8.78 Å². The Morgan fingerprint density at radius 1 is 1.24 bits per heavy atom. The Kier molecular flexibility index (Phi) is 5.44. The number of hydrogen-bond donors (Lipinski definition) is 1. The van der Waals surface area contributed by atoms with Gasteiger partial charge in [-0.1, -0.05) is 13.0 Å². The predicted molar refractivity (Wildman–Crippen MR) is 79.1 cm³/mol. The molecule has 5 heteroatoms. The quantitative estimate of drug-likeness (QED) is 0.850. The monoisotopic (exact) mass is 293 g/mol. The largest absolute Gasteiger partial charge is 0.338 e. The van der Waals surface area contributed by atoms with Crippen LogP contribution in [0.25, 0.3) is 0 Å². The van der Waals surface area contributed by atoms with E-state index in [1.165, 1.54) is 18.2 Å². The van der Waals surface area contributed by atoms with Crippen LogP contribution in [-0.4, -0.2) is 22.1 Å². The summed E-state index contributed by atoms with van der Waals surface area (Å²) >= 11 is 0. The van der Waals surface area contributed by atoms with Crippen LogP contribution in [0.4, 0.5) is 8.78 Å². The molecule has 2 rings (SSSR count). The van der Waals surface area contributed by atoms with Gasteiger partial charge in [-0.15, -0.1) is 0 Å². The maximum atomic E-state index is 13.8. The van der Waals surface area contributed by atoms with E-state index in [1.54, 1.807) is 6.20 Å². The topological polar surface area (TPSA) is 29.9 Å². The fraction of sp³-hybridized carbons (Fsp3) is 0.438. The molecular formula is C16H21F2N3. The SMILES string of the molecule is CCCNC(Cc1c(F)cccc1F)Cc1nccn1C. The van der Waals surface area contributed by atoms with Gasteiger partial charge in [-0.2, -0.15) is 0 Å². The molecule has 1 aromatic carbocycles. The molecule has 0 amide bonds. The van der Waals surface area contributed by atoms with Crippen LogP contribution < -0.4 is 5.32 Å². The van der Waals surface area contributed by atoms with Crippen molar-refractivity contribution in [3.63, 3.8) is 0 Å². The predicted octanol–water partition coefficient (Wildman–Crippen LogP) is 2.85. The second-order valence-corrected chi connectivity index (χ2v) is 5.21. The highest BCUT2D eigenvalue weighted by Crippen LogP contribution is 2.16. The van der Waals surface area contributed by atoms with Gasteiger partial charge in [-0.3, -0.25) is 0 Å². The van der Waals surface area contributed by atoms with Crippen molar-refractivity contribution in [2.24, 2.45) is 7.05 Å². The normalized spacial score (nSPS) is 12.6. The summed E-state index contributed by atoms with van der Waals surface area (Å²) in [5, 5.41) is 3.35. The molecule has 0 aliphatic heterocycles. The fourth-order valence-electron chi connectivity index (χ4n) is 2.35. The lowest BCUT2D eigenvalue weighted by molar-refractivity contribution is 0.464. The van der Waals surface area contributed by atoms with Gasteiger partial charge >= 0.3 is 0 Å². The number of nitrogens with zero attached hydrogens (tertiary/aromatic N) is 2. The van der Waals surface area contributed by atoms with Gasteiger partial charge in [0.2, 0.25) is 0 Å². The molecule has 0 spiro atoms. The minimum Gasteiger partial charge on any atom is -0.338 e. The van der Waals surface area contributed by atoms with Crippen LogP contribution in [-0.2, 0) is 19.9 Å². The van der Waals surface area contributed by atoms with Crippen molar-refractivity contribution in [3.05, 3.63) is 53.6 Å². The summed E-state index contributed by atoms with van der Waals surface area (Å²) in [7, 11) is 1.92. The lowest BCUT2D eigenvalue weighted by Gasteiger charge is -2.19. The zero-order chi connectivity index (χ0) is 15.2. The molecule has 0 aliphatic carbocycles. The Morgan fingerprint density at radius 2 is 1.95 bits per heavy atom. The number of rotatable bonds is 7. The molecule has 1 unspecified atom stereocenters. The Hall–Kier alpha value is -1.75. The number of nitrogens with one attached hydrogen (secondary N) is 1. The standard InChI is InChI=1S/C16H21F2N3/c1-3-7-19-12(11-16-20-8-9-21(16)2)10-13-14(17)5-4-6-15(13)18/h4-6,8-9,12,19H,3,7,10-11H2,1-2H3. The molecular weight excluding hydrogens is 272 g/mol. The first-order valence-electron chi connectivity index (χ1n) is 7.24. The van der Waals surface area contributed by atoms with Gasteiger partial charge in [0.25, 0.3) is 0 Å². The second-order valence-electron chi connectivity index (χ2n) is 5.21. The molecule has 0 aliphatic rings. The van der Waals surface area contributed by atoms with E-state index in [1.807, 2.05) is 17.8 Å². The van der Waals surface area contributed by atoms with E-state index in [0.717, 1.165) is 18.8 Å². The molecule has 0 radical (unpaired) electrons. The number of imidazole rings is 1. The molecule has 3 nitrogen and oxygen atoms in total. The molecule has 1 atom stereocenters. The van der Waals surface area contributed by atoms with Crippen LogP contribution >= 0.6 is 0 Å². The van der Waals surface area contributed by atoms with E-state index in [-0.39, 0.29) is 11.6 Å². The average Bonchev–Trinajstić information content (AvgIpc) is 2.85. The molecule has 2 aromatic rings. The van der Waals surface area contributed by atoms with Crippen molar-refractivity contribution >= 4 is 0 Å². The van der Waals surface area contributed by atoms with E-state index in [4.69, 9.17) is 0 Å². The average molecular weight is 293 g/mol. The van der Waals surface area contributed by atoms with E-state index in [9.17, 15) is 8.78 Å². The van der Waals surface area contributed by atoms with Gasteiger partial charge in [-0.05, 0) is 31.5 Å². The molecule has 1 heterocycles. The summed E-state index contributed by atoms with van der Waals surface area (Å²) in [6.45, 7) is 2.87. The number of benzene rings is 1. The first kappa shape index (κ1) is 15.6. The summed E-state index contributed by atoms with van der Waals surface area (Å²) in [4.78, 5) is 4.29. The Labute approximate surface area is 124 Å². The summed E-state index contributed by atoms with van der Waals surface area (Å²) < 4.78 is 29.5. The number of hydrogen-bond acceptors (Lipinski definition) is 2. The molecule has 0 saturated heterocycles. The zero-order valence-electron chi connectivity index (χ0n) is 12.4. The minimum absolute atomic E-state index is 0.0440. The third-order valence-corrected chi connectivity index (χ3v) is 3.55. The molecule has 0 bridgehead atoms. The van der Waals surface area contributed by atoms with Gasteiger partial charge < -0.3 is 9.88 Å². The molecule has 1 N–H and O–H groups in total. The molecule has 0 saturated carbocycles. The number of aryl methyl sites for hydroxylation is 1. The van der Waals surface area contributed by atoms with E-state index < -0.39 is 11.6 Å². The van der Waals surface area contributed by atoms with Crippen LogP contribution in [0, 0.1) is 11.6 Å². The highest BCUT2D eigenvalue weighted by atomic mass is 19.1. The first-order valence-corrected chi connectivity index (χ1v) is 7.24. The molecule has 114 valence electrons. The highest BCUT2D eigenvalue weighted by molar-refractivity contribution is 5.21. The Balaban J connectivity index is 2.14. The summed E-state index contributed by atoms with van der Waals surface area (Å²) in [5.74, 6) is -0.0726. The number of aromatic nitrogens is 2. The van der Waals surface area contributed by atoms with Crippen LogP contribution in [0.1, 0.15) is 24.7 Å². The first-order chi connectivity index (χ1) is 10.1. The van der Waals surface area contributed by atoms with Gasteiger partial charge in [0.1, 0.15) is 17.5 Å². The van der Waals surface area contributed by atoms with Crippen molar-refractivity contribution in [3.8, 4) is 0 Å². The van der Waals surface area contributed by atoms with Gasteiger partial charge in [-0.25, -0.2) is 13.8 Å². The van der Waals surface area contributed by atoms with Gasteiger partial charge in [0, 0.05) is 37.5 Å². The highest BCUT2D eigenvalue weighted by Gasteiger charge is 2.17. The summed E-state index contributed by atoms with van der Waals surface area (Å²) in [6.07, 6.45) is 5.52. The smallest absolute Gasteiger partial charge is 0.129 e. The minimum atomic E-state index is -0.488. The van der Waals surface area contributed by atoms with Crippen molar-refractivity contribution in [2.45, 2.75) is 32.2 Å². The molecule has 1 aromatic heterocycles. The second kappa shape index (κ2) is 7.31. The van der Waals surface area contributed by atoms with Crippen molar-refractivity contribution in [2.75, 3.05) is 6.54 Å². The van der Waals surface area contributed by atoms with E-state index in [0.29, 0.717) is 12.8 Å². The Bertz CT molecular complexity index is 560. The lowest BCUT2D eigenvalue weighted by atomic mass is 10.0. The Morgan fingerprint density at radius 3 is 2.52 bits per heavy atom. The van der Waals surface area contributed by atoms with Crippen molar-refractivity contribution in [1.82, 2.24) is 14.9 Å². The van der Waals surface area contributed by atoms with Crippen LogP contribution in [0.15, 0.2) is 30.6 Å². The van der Waals surface area contributed by atoms with Crippen LogP contribution in [0.2, 0.25) is 0 Å². The third kappa shape index (κ3) is 4.11. The molecule has 0 fully saturated rings. The lowest BCUT2D eigenvalue weighted by Crippen LogP contribution is -2.35. The molecule has 21 heavy (non-hydrogen) atoms. The summed E-state index contributed by atoms with van der Waals surface area (Å²) in [6, 6.07) is 3.95. The maximum absolute atomic E-state index is 13.8. The van der Waals surface area contributed by atoms with Crippen LogP contribution in [0.5, 0.6) is 0 Å². The summed E-state index contributed by atoms with van der Waals surface area (Å²) in [5.41, 5.74) is 0.139. The third-order valence-electron chi connectivity index (χ3n) is 3.55. The van der Waals surface area contributed by atoms with Crippen LogP contribution in [0.3, 0.4) is 0 Å². The fourth-order valence-corrected chi connectivity index (χ4v) is 2.35. The van der Waals surface area contributed by atoms with E-state index >= 15 is 0 Å². The van der Waals surface area contributed by atoms with Gasteiger partial charge in [0.15, 0.2) is 0 Å². The van der Waals surface area contributed by atoms with E-state index in [2.05, 4.69) is 17.2 Å². The number of halogens is 2. The van der Waals surface area contributed by atoms with Gasteiger partial charge in [0.05, 0.1) is 0 Å². The van der Waals surface area contributed by atoms with Crippen molar-refractivity contribution in [1.29, 1.82) is 0 Å². The zero-order valence-corrected chi connectivity index (χ0v) is 12.4.